The van der Waals surface area contributed by atoms with Crippen molar-refractivity contribution in [3.05, 3.63) is 145 Å². The summed E-state index contributed by atoms with van der Waals surface area (Å²) >= 11 is -1.65. The molecule has 0 saturated heterocycles. The molecule has 6 aromatic carbocycles. The van der Waals surface area contributed by atoms with Crippen molar-refractivity contribution in [1.29, 1.82) is 0 Å². The summed E-state index contributed by atoms with van der Waals surface area (Å²) in [6.07, 6.45) is 22.2. The van der Waals surface area contributed by atoms with Crippen molar-refractivity contribution < 1.29 is 41.7 Å². The summed E-state index contributed by atoms with van der Waals surface area (Å²) in [7, 11) is 20.3. The third-order valence-electron chi connectivity index (χ3n) is 14.1. The van der Waals surface area contributed by atoms with E-state index in [1.807, 2.05) is 0 Å². The van der Waals surface area contributed by atoms with Crippen molar-refractivity contribution in [2.45, 2.75) is 169 Å². The maximum atomic E-state index is 4.93. The SMILES string of the molecule is CC1(Cc2cc3c(-c4ccc(C(C)(C)C)cc4)cccc3[cH-]2)CCCCCCC1.CC1(Cc2cc3c(-c4ccc(C(C)(C)C)cc4)cccc3[cH-]2)CCCCCCC1.[CH2-][Si][CH2-].[Cl][Zr+2][Cl].[Cl][Zr+2][Cl]. The molecule has 0 amide bonds. The monoisotopic (exact) mass is 1150 g/mol. The average molecular weight is 1150 g/mol. The van der Waals surface area contributed by atoms with E-state index < -0.39 is 41.7 Å². The Morgan fingerprint density at radius 2 is 0.776 bits per heavy atom. The number of hydrogen-bond donors (Lipinski definition) is 0. The van der Waals surface area contributed by atoms with Crippen LogP contribution in [0.5, 0.6) is 0 Å². The molecule has 2 fully saturated rings. The first kappa shape index (κ1) is 58.8. The van der Waals surface area contributed by atoms with Crippen LogP contribution >= 0.6 is 34.1 Å². The quantitative estimate of drug-likeness (QED) is 0.115. The van der Waals surface area contributed by atoms with Gasteiger partial charge in [0.05, 0.1) is 0 Å². The van der Waals surface area contributed by atoms with Crippen LogP contribution in [0.1, 0.15) is 168 Å². The summed E-state index contributed by atoms with van der Waals surface area (Å²) in [5, 5.41) is 5.62. The summed E-state index contributed by atoms with van der Waals surface area (Å²) in [6.45, 7) is 25.5. The molecule has 6 aromatic rings. The molecule has 2 radical (unpaired) electrons. The van der Waals surface area contributed by atoms with Crippen LogP contribution < -0.4 is 0 Å². The molecule has 0 heterocycles. The first-order valence-electron chi connectivity index (χ1n) is 24.7. The molecule has 0 aliphatic heterocycles. The molecule has 0 nitrogen and oxygen atoms in total. The maximum absolute atomic E-state index is 4.93. The zero-order chi connectivity index (χ0) is 49.1. The first-order valence-corrected chi connectivity index (χ1v) is 38.8. The molecule has 2 saturated carbocycles. The van der Waals surface area contributed by atoms with Crippen LogP contribution in [0.25, 0.3) is 43.8 Å². The van der Waals surface area contributed by atoms with E-state index in [0.29, 0.717) is 20.3 Å². The summed E-state index contributed by atoms with van der Waals surface area (Å²) in [5.41, 5.74) is 12.6. The van der Waals surface area contributed by atoms with E-state index in [0.717, 1.165) is 0 Å². The normalized spacial score (nSPS) is 16.0. The average Bonchev–Trinajstić information content (AvgIpc) is 3.87. The number of fused-ring (bicyclic) bond motifs is 2. The second-order valence-corrected chi connectivity index (χ2v) is 29.9. The van der Waals surface area contributed by atoms with Crippen LogP contribution in [-0.2, 0) is 65.4 Å². The number of halogens is 4. The fraction of sp³-hybridized carbons (Fsp3) is 0.467. The predicted molar refractivity (Wildman–Crippen MR) is 295 cm³/mol. The molecular formula is C60H78Cl4SiZr2. The molecule has 67 heavy (non-hydrogen) atoms. The standard InChI is InChI=1S/2C29H37.C2H4Si.4ClH.2Zr/c2*1-28(2,3)25-15-13-23(14-16-25)26-12-10-11-24-19-22(20-27(24)26)21-29(4)17-8-6-5-7-9-18-29;1-3-2;;;;;;/h2*10-16,19-20H,5-9,17-18,21H2,1-4H3;1-2H2;4*1H;;/q2*-1;-2;;;;;2*+4/p-4. The van der Waals surface area contributed by atoms with E-state index in [9.17, 15) is 0 Å². The second kappa shape index (κ2) is 29.1. The van der Waals surface area contributed by atoms with E-state index in [1.54, 1.807) is 0 Å². The predicted octanol–water partition coefficient (Wildman–Crippen LogP) is 20.7. The van der Waals surface area contributed by atoms with E-state index in [4.69, 9.17) is 34.1 Å². The van der Waals surface area contributed by atoms with Crippen molar-refractivity contribution >= 4 is 65.1 Å². The van der Waals surface area contributed by atoms with Crippen LogP contribution in [0.15, 0.2) is 109 Å². The second-order valence-electron chi connectivity index (χ2n) is 21.9. The van der Waals surface area contributed by atoms with Gasteiger partial charge in [0, 0.05) is 0 Å². The van der Waals surface area contributed by atoms with Gasteiger partial charge >= 0.3 is 75.7 Å². The van der Waals surface area contributed by atoms with Crippen molar-refractivity contribution in [2.75, 3.05) is 0 Å². The first-order chi connectivity index (χ1) is 31.9. The topological polar surface area (TPSA) is 0 Å². The molecule has 2 aliphatic carbocycles. The minimum atomic E-state index is -0.826. The van der Waals surface area contributed by atoms with Gasteiger partial charge in [-0.1, -0.05) is 191 Å². The van der Waals surface area contributed by atoms with Crippen molar-refractivity contribution in [1.82, 2.24) is 0 Å². The Kier molecular flexibility index (Phi) is 25.5. The van der Waals surface area contributed by atoms with Gasteiger partial charge in [-0.2, -0.15) is 12.1 Å². The van der Waals surface area contributed by atoms with Gasteiger partial charge in [0.2, 0.25) is 0 Å². The fourth-order valence-corrected chi connectivity index (χ4v) is 10.5. The zero-order valence-corrected chi connectivity index (χ0v) is 51.1. The van der Waals surface area contributed by atoms with Crippen LogP contribution in [0.2, 0.25) is 0 Å². The van der Waals surface area contributed by atoms with E-state index in [1.165, 1.54) is 169 Å². The van der Waals surface area contributed by atoms with Gasteiger partial charge in [0.1, 0.15) is 0 Å². The molecule has 2 aliphatic rings. The third-order valence-corrected chi connectivity index (χ3v) is 14.1. The Morgan fingerprint density at radius 1 is 0.493 bits per heavy atom. The molecule has 7 heteroatoms. The van der Waals surface area contributed by atoms with Gasteiger partial charge in [-0.3, -0.25) is 0 Å². The Balaban J connectivity index is 0.000000249. The zero-order valence-electron chi connectivity index (χ0n) is 42.1. The Labute approximate surface area is 448 Å². The fourth-order valence-electron chi connectivity index (χ4n) is 10.5. The van der Waals surface area contributed by atoms with Gasteiger partial charge in [0.25, 0.3) is 0 Å². The molecule has 0 atom stereocenters. The summed E-state index contributed by atoms with van der Waals surface area (Å²) in [5.74, 6) is 0. The molecule has 0 N–H and O–H groups in total. The molecule has 358 valence electrons. The van der Waals surface area contributed by atoms with Gasteiger partial charge in [-0.15, -0.1) is 69.1 Å². The Bertz CT molecular complexity index is 2130. The third kappa shape index (κ3) is 19.0. The van der Waals surface area contributed by atoms with Crippen LogP contribution in [0, 0.1) is 23.9 Å². The molecular weight excluding hydrogens is 1070 g/mol. The number of hydrogen-bond acceptors (Lipinski definition) is 0. The van der Waals surface area contributed by atoms with Gasteiger partial charge in [0.15, 0.2) is 0 Å². The Morgan fingerprint density at radius 3 is 1.06 bits per heavy atom. The molecule has 0 spiro atoms. The van der Waals surface area contributed by atoms with E-state index in [-0.39, 0.29) is 10.8 Å². The summed E-state index contributed by atoms with van der Waals surface area (Å²) < 4.78 is 0. The van der Waals surface area contributed by atoms with Gasteiger partial charge in [-0.25, -0.2) is 0 Å². The summed E-state index contributed by atoms with van der Waals surface area (Å²) in [6, 6.07) is 41.9. The molecule has 0 bridgehead atoms. The molecule has 8 rings (SSSR count). The van der Waals surface area contributed by atoms with Crippen molar-refractivity contribution in [3.8, 4) is 22.3 Å². The van der Waals surface area contributed by atoms with E-state index >= 15 is 0 Å². The van der Waals surface area contributed by atoms with E-state index in [2.05, 4.69) is 178 Å². The molecule has 0 aromatic heterocycles. The molecule has 0 unspecified atom stereocenters. The van der Waals surface area contributed by atoms with Gasteiger partial charge < -0.3 is 22.6 Å². The van der Waals surface area contributed by atoms with Crippen LogP contribution in [-0.4, -0.2) is 9.52 Å². The minimum absolute atomic E-state index is 0.199. The number of rotatable bonds is 6. The van der Waals surface area contributed by atoms with Gasteiger partial charge in [-0.05, 0) is 82.4 Å². The Hall–Kier alpha value is -0.757. The van der Waals surface area contributed by atoms with Crippen molar-refractivity contribution in [2.24, 2.45) is 10.8 Å². The van der Waals surface area contributed by atoms with Crippen LogP contribution in [0.3, 0.4) is 0 Å². The van der Waals surface area contributed by atoms with Crippen LogP contribution in [0.4, 0.5) is 0 Å². The summed E-state index contributed by atoms with van der Waals surface area (Å²) in [4.78, 5) is 0. The number of benzene rings is 4. The van der Waals surface area contributed by atoms with Crippen molar-refractivity contribution in [3.63, 3.8) is 0 Å².